The molecule has 0 radical (unpaired) electrons. The molecule has 8 nitrogen and oxygen atoms in total. The van der Waals surface area contributed by atoms with Crippen molar-refractivity contribution in [1.82, 2.24) is 14.4 Å². The van der Waals surface area contributed by atoms with Gasteiger partial charge in [0.15, 0.2) is 0 Å². The quantitative estimate of drug-likeness (QED) is 0.772. The van der Waals surface area contributed by atoms with Crippen LogP contribution in [-0.4, -0.2) is 74.8 Å². The summed E-state index contributed by atoms with van der Waals surface area (Å²) in [7, 11) is -1.63. The second-order valence-electron chi connectivity index (χ2n) is 7.25. The standard InChI is InChI=1S/C16H25N3O5S/c1-11-14(12(2)24-17-11)15(20)18-6-5-16(10-23-3)9-19(25(4,21)22)8-13(16)7-18/h13H,5-10H2,1-4H3/t13-,16+/m1/s1. The maximum Gasteiger partial charge on any atom is 0.259 e. The lowest BCUT2D eigenvalue weighted by Gasteiger charge is -2.43. The molecule has 140 valence electrons. The minimum absolute atomic E-state index is 0.0559. The van der Waals surface area contributed by atoms with Gasteiger partial charge in [0.1, 0.15) is 11.3 Å². The lowest BCUT2D eigenvalue weighted by molar-refractivity contribution is 0.00334. The van der Waals surface area contributed by atoms with Crippen molar-refractivity contribution >= 4 is 15.9 Å². The molecule has 2 atom stereocenters. The molecule has 0 aromatic carbocycles. The van der Waals surface area contributed by atoms with Gasteiger partial charge in [0, 0.05) is 38.7 Å². The van der Waals surface area contributed by atoms with Gasteiger partial charge in [0.25, 0.3) is 5.91 Å². The Morgan fingerprint density at radius 1 is 1.40 bits per heavy atom. The number of carbonyl (C=O) groups is 1. The molecule has 0 spiro atoms. The van der Waals surface area contributed by atoms with Crippen molar-refractivity contribution in [3.8, 4) is 0 Å². The first-order valence-corrected chi connectivity index (χ1v) is 10.2. The van der Waals surface area contributed by atoms with Crippen molar-refractivity contribution in [2.24, 2.45) is 11.3 Å². The molecule has 3 heterocycles. The van der Waals surface area contributed by atoms with Gasteiger partial charge in [-0.3, -0.25) is 4.79 Å². The number of fused-ring (bicyclic) bond motifs is 1. The molecular formula is C16H25N3O5S. The topological polar surface area (TPSA) is 92.9 Å². The summed E-state index contributed by atoms with van der Waals surface area (Å²) < 4.78 is 36.0. The molecule has 25 heavy (non-hydrogen) atoms. The highest BCUT2D eigenvalue weighted by molar-refractivity contribution is 7.88. The highest BCUT2D eigenvalue weighted by Gasteiger charge is 2.52. The monoisotopic (exact) mass is 371 g/mol. The van der Waals surface area contributed by atoms with Gasteiger partial charge in [-0.05, 0) is 26.2 Å². The average Bonchev–Trinajstić information content (AvgIpc) is 3.06. The zero-order chi connectivity index (χ0) is 18.4. The number of hydrogen-bond acceptors (Lipinski definition) is 6. The highest BCUT2D eigenvalue weighted by atomic mass is 32.2. The molecule has 0 N–H and O–H groups in total. The van der Waals surface area contributed by atoms with Gasteiger partial charge in [-0.2, -0.15) is 0 Å². The molecular weight excluding hydrogens is 346 g/mol. The largest absolute Gasteiger partial charge is 0.384 e. The van der Waals surface area contributed by atoms with Crippen LogP contribution in [0.15, 0.2) is 4.52 Å². The fourth-order valence-electron chi connectivity index (χ4n) is 4.14. The molecule has 2 aliphatic heterocycles. The van der Waals surface area contributed by atoms with Crippen molar-refractivity contribution in [2.75, 3.05) is 46.2 Å². The maximum absolute atomic E-state index is 12.9. The molecule has 0 unspecified atom stereocenters. The summed E-state index contributed by atoms with van der Waals surface area (Å²) in [6.07, 6.45) is 1.95. The molecule has 0 saturated carbocycles. The van der Waals surface area contributed by atoms with Crippen LogP contribution in [0.4, 0.5) is 0 Å². The van der Waals surface area contributed by atoms with E-state index in [0.717, 1.165) is 0 Å². The average molecular weight is 371 g/mol. The summed E-state index contributed by atoms with van der Waals surface area (Å²) in [6, 6.07) is 0. The van der Waals surface area contributed by atoms with E-state index in [4.69, 9.17) is 9.26 Å². The predicted molar refractivity (Wildman–Crippen MR) is 90.7 cm³/mol. The van der Waals surface area contributed by atoms with E-state index >= 15 is 0 Å². The normalized spacial score (nSPS) is 27.5. The van der Waals surface area contributed by atoms with Crippen LogP contribution < -0.4 is 0 Å². The summed E-state index contributed by atoms with van der Waals surface area (Å²) >= 11 is 0. The summed E-state index contributed by atoms with van der Waals surface area (Å²) in [5.74, 6) is 0.473. The van der Waals surface area contributed by atoms with Gasteiger partial charge < -0.3 is 14.2 Å². The van der Waals surface area contributed by atoms with Crippen LogP contribution >= 0.6 is 0 Å². The van der Waals surface area contributed by atoms with Gasteiger partial charge in [-0.15, -0.1) is 0 Å². The number of methoxy groups -OCH3 is 1. The van der Waals surface area contributed by atoms with Crippen LogP contribution in [0.3, 0.4) is 0 Å². The van der Waals surface area contributed by atoms with Gasteiger partial charge >= 0.3 is 0 Å². The summed E-state index contributed by atoms with van der Waals surface area (Å²) in [6.45, 7) is 5.94. The van der Waals surface area contributed by atoms with Crippen LogP contribution in [0.25, 0.3) is 0 Å². The number of nitrogens with zero attached hydrogens (tertiary/aromatic N) is 3. The fourth-order valence-corrected chi connectivity index (χ4v) is 5.08. The molecule has 2 saturated heterocycles. The first-order chi connectivity index (χ1) is 11.7. The first-order valence-electron chi connectivity index (χ1n) is 8.34. The maximum atomic E-state index is 12.9. The minimum Gasteiger partial charge on any atom is -0.384 e. The van der Waals surface area contributed by atoms with E-state index in [9.17, 15) is 13.2 Å². The molecule has 9 heteroatoms. The summed E-state index contributed by atoms with van der Waals surface area (Å²) in [5, 5.41) is 3.86. The third-order valence-corrected chi connectivity index (χ3v) is 6.75. The number of amides is 1. The number of sulfonamides is 1. The van der Waals surface area contributed by atoms with E-state index in [-0.39, 0.29) is 17.2 Å². The smallest absolute Gasteiger partial charge is 0.259 e. The van der Waals surface area contributed by atoms with Gasteiger partial charge in [0.2, 0.25) is 10.0 Å². The SMILES string of the molecule is COC[C@@]12CCN(C(=O)c3c(C)noc3C)C[C@@H]1CN(S(C)(=O)=O)C2. The van der Waals surface area contributed by atoms with Crippen molar-refractivity contribution in [3.63, 3.8) is 0 Å². The van der Waals surface area contributed by atoms with Crippen LogP contribution in [0.2, 0.25) is 0 Å². The molecule has 3 rings (SSSR count). The molecule has 1 aromatic rings. The van der Waals surface area contributed by atoms with E-state index in [0.29, 0.717) is 56.2 Å². The Balaban J connectivity index is 1.83. The molecule has 0 bridgehead atoms. The van der Waals surface area contributed by atoms with Crippen molar-refractivity contribution in [2.45, 2.75) is 20.3 Å². The Labute approximate surface area is 148 Å². The lowest BCUT2D eigenvalue weighted by atomic mass is 9.73. The Kier molecular flexibility index (Phi) is 4.67. The second-order valence-corrected chi connectivity index (χ2v) is 9.23. The van der Waals surface area contributed by atoms with Crippen LogP contribution in [0.5, 0.6) is 0 Å². The van der Waals surface area contributed by atoms with E-state index in [1.807, 2.05) is 0 Å². The predicted octanol–water partition coefficient (Wildman–Crippen LogP) is 0.662. The van der Waals surface area contributed by atoms with Crippen molar-refractivity contribution < 1.29 is 22.5 Å². The van der Waals surface area contributed by atoms with E-state index in [1.54, 1.807) is 25.9 Å². The number of carbonyl (C=O) groups excluding carboxylic acids is 1. The molecule has 2 fully saturated rings. The molecule has 0 aliphatic carbocycles. The highest BCUT2D eigenvalue weighted by Crippen LogP contribution is 2.44. The fraction of sp³-hybridized carbons (Fsp3) is 0.750. The number of rotatable bonds is 4. The van der Waals surface area contributed by atoms with E-state index in [2.05, 4.69) is 5.16 Å². The Bertz CT molecular complexity index is 755. The molecule has 2 aliphatic rings. The third-order valence-electron chi connectivity index (χ3n) is 5.54. The van der Waals surface area contributed by atoms with Crippen LogP contribution in [0.1, 0.15) is 28.2 Å². The van der Waals surface area contributed by atoms with Crippen molar-refractivity contribution in [1.29, 1.82) is 0 Å². The Morgan fingerprint density at radius 3 is 2.68 bits per heavy atom. The van der Waals surface area contributed by atoms with Crippen LogP contribution in [-0.2, 0) is 14.8 Å². The lowest BCUT2D eigenvalue weighted by Crippen LogP contribution is -2.51. The number of hydrogen-bond donors (Lipinski definition) is 0. The first kappa shape index (κ1) is 18.3. The molecule has 1 aromatic heterocycles. The summed E-state index contributed by atoms with van der Waals surface area (Å²) in [4.78, 5) is 14.7. The molecule has 1 amide bonds. The number of ether oxygens (including phenoxy) is 1. The number of aromatic nitrogens is 1. The van der Waals surface area contributed by atoms with Crippen molar-refractivity contribution in [3.05, 3.63) is 17.0 Å². The summed E-state index contributed by atoms with van der Waals surface area (Å²) in [5.41, 5.74) is 0.866. The van der Waals surface area contributed by atoms with E-state index in [1.165, 1.54) is 10.6 Å². The second kappa shape index (κ2) is 6.37. The van der Waals surface area contributed by atoms with Gasteiger partial charge in [-0.25, -0.2) is 12.7 Å². The zero-order valence-corrected chi connectivity index (χ0v) is 15.9. The van der Waals surface area contributed by atoms with E-state index < -0.39 is 10.0 Å². The Morgan fingerprint density at radius 2 is 2.12 bits per heavy atom. The zero-order valence-electron chi connectivity index (χ0n) is 15.1. The third kappa shape index (κ3) is 3.20. The van der Waals surface area contributed by atoms with Gasteiger partial charge in [-0.1, -0.05) is 5.16 Å². The van der Waals surface area contributed by atoms with Crippen LogP contribution in [0, 0.1) is 25.2 Å². The minimum atomic E-state index is -3.26. The Hall–Kier alpha value is -1.45. The number of likely N-dealkylation sites (tertiary alicyclic amines) is 1. The van der Waals surface area contributed by atoms with Gasteiger partial charge in [0.05, 0.1) is 18.6 Å². The number of aryl methyl sites for hydroxylation is 2. The number of piperidine rings is 1.